The molecule has 5 nitrogen and oxygen atoms in total. The summed E-state index contributed by atoms with van der Waals surface area (Å²) < 4.78 is 38.9. The highest BCUT2D eigenvalue weighted by molar-refractivity contribution is 5.29. The molecular formula is C12H18F3N5. The van der Waals surface area contributed by atoms with Crippen LogP contribution in [-0.4, -0.2) is 59.8 Å². The van der Waals surface area contributed by atoms with Gasteiger partial charge < -0.3 is 10.6 Å². The summed E-state index contributed by atoms with van der Waals surface area (Å²) in [6, 6.07) is 0.257. The van der Waals surface area contributed by atoms with Gasteiger partial charge in [-0.1, -0.05) is 0 Å². The lowest BCUT2D eigenvalue weighted by Gasteiger charge is -2.39. The Morgan fingerprint density at radius 2 is 1.75 bits per heavy atom. The van der Waals surface area contributed by atoms with Crippen molar-refractivity contribution in [1.82, 2.24) is 14.9 Å². The van der Waals surface area contributed by atoms with Crippen LogP contribution in [0.15, 0.2) is 18.5 Å². The Morgan fingerprint density at radius 1 is 1.15 bits per heavy atom. The number of alkyl halides is 3. The van der Waals surface area contributed by atoms with Crippen LogP contribution in [-0.2, 0) is 0 Å². The van der Waals surface area contributed by atoms with Crippen molar-refractivity contribution in [2.24, 2.45) is 5.73 Å². The molecule has 0 amide bonds. The second-order valence-electron chi connectivity index (χ2n) is 4.71. The van der Waals surface area contributed by atoms with Gasteiger partial charge in [0, 0.05) is 38.6 Å². The van der Waals surface area contributed by atoms with Gasteiger partial charge in [-0.2, -0.15) is 13.2 Å². The van der Waals surface area contributed by atoms with Crippen molar-refractivity contribution in [3.8, 4) is 0 Å². The largest absolute Gasteiger partial charge is 0.404 e. The summed E-state index contributed by atoms with van der Waals surface area (Å²) in [5.41, 5.74) is 5.29. The predicted octanol–water partition coefficient (Wildman–Crippen LogP) is 0.878. The van der Waals surface area contributed by atoms with Crippen LogP contribution in [0.1, 0.15) is 6.42 Å². The molecule has 0 radical (unpaired) electrons. The van der Waals surface area contributed by atoms with Crippen molar-refractivity contribution in [3.05, 3.63) is 18.5 Å². The molecule has 2 N–H and O–H groups in total. The fraction of sp³-hybridized carbons (Fsp3) is 0.667. The molecule has 8 heteroatoms. The van der Waals surface area contributed by atoms with E-state index in [0.717, 1.165) is 0 Å². The van der Waals surface area contributed by atoms with Crippen LogP contribution in [0.2, 0.25) is 0 Å². The molecule has 1 aromatic heterocycles. The molecule has 2 heterocycles. The van der Waals surface area contributed by atoms with Gasteiger partial charge in [0.05, 0.1) is 0 Å². The second-order valence-corrected chi connectivity index (χ2v) is 4.71. The van der Waals surface area contributed by atoms with Gasteiger partial charge in [-0.15, -0.1) is 0 Å². The quantitative estimate of drug-likeness (QED) is 0.891. The summed E-state index contributed by atoms with van der Waals surface area (Å²) in [6.07, 6.45) is -1.04. The molecule has 1 saturated heterocycles. The lowest BCUT2D eigenvalue weighted by Crippen LogP contribution is -2.55. The Hall–Kier alpha value is -1.41. The van der Waals surface area contributed by atoms with Crippen LogP contribution < -0.4 is 10.6 Å². The summed E-state index contributed by atoms with van der Waals surface area (Å²) in [5, 5.41) is 0. The molecule has 0 saturated carbocycles. The van der Waals surface area contributed by atoms with E-state index < -0.39 is 12.2 Å². The zero-order valence-electron chi connectivity index (χ0n) is 11.1. The van der Waals surface area contributed by atoms with Gasteiger partial charge in [-0.25, -0.2) is 9.97 Å². The van der Waals surface area contributed by atoms with Crippen LogP contribution in [0.3, 0.4) is 0 Å². The standard InChI is InChI=1S/C12H18F3N5/c13-12(14,15)10(2-3-16)19-6-8-20(9-7-19)11-17-4-1-5-18-11/h1,4-5,10H,2-3,6-9,16H2. The monoisotopic (exact) mass is 289 g/mol. The Morgan fingerprint density at radius 3 is 2.25 bits per heavy atom. The van der Waals surface area contributed by atoms with Crippen LogP contribution in [0, 0.1) is 0 Å². The van der Waals surface area contributed by atoms with Crippen molar-refractivity contribution in [2.75, 3.05) is 37.6 Å². The molecule has 1 fully saturated rings. The van der Waals surface area contributed by atoms with Crippen LogP contribution in [0.5, 0.6) is 0 Å². The first-order chi connectivity index (χ1) is 9.52. The lowest BCUT2D eigenvalue weighted by atomic mass is 10.1. The Labute approximate surface area is 115 Å². The Bertz CT molecular complexity index is 403. The molecule has 0 spiro atoms. The van der Waals surface area contributed by atoms with Gasteiger partial charge in [0.25, 0.3) is 0 Å². The number of hydrogen-bond acceptors (Lipinski definition) is 5. The fourth-order valence-corrected chi connectivity index (χ4v) is 2.40. The molecule has 0 aliphatic carbocycles. The Kier molecular flexibility index (Phi) is 4.77. The normalized spacial score (nSPS) is 19.1. The van der Waals surface area contributed by atoms with Crippen LogP contribution >= 0.6 is 0 Å². The summed E-state index contributed by atoms with van der Waals surface area (Å²) in [7, 11) is 0. The minimum atomic E-state index is -4.23. The minimum absolute atomic E-state index is 0.0339. The van der Waals surface area contributed by atoms with Gasteiger partial charge >= 0.3 is 6.18 Å². The molecule has 1 unspecified atom stereocenters. The zero-order valence-corrected chi connectivity index (χ0v) is 11.1. The molecule has 0 aromatic carbocycles. The maximum Gasteiger partial charge on any atom is 0.404 e. The lowest BCUT2D eigenvalue weighted by molar-refractivity contribution is -0.185. The smallest absolute Gasteiger partial charge is 0.338 e. The SMILES string of the molecule is NCCC(N1CCN(c2ncccn2)CC1)C(F)(F)F. The maximum absolute atomic E-state index is 13.0. The molecule has 1 atom stereocenters. The first-order valence-corrected chi connectivity index (χ1v) is 6.55. The molecule has 1 aliphatic heterocycles. The number of aromatic nitrogens is 2. The zero-order chi connectivity index (χ0) is 14.6. The van der Waals surface area contributed by atoms with Gasteiger partial charge in [0.1, 0.15) is 6.04 Å². The first kappa shape index (κ1) is 15.0. The summed E-state index contributed by atoms with van der Waals surface area (Å²) >= 11 is 0. The molecule has 0 bridgehead atoms. The summed E-state index contributed by atoms with van der Waals surface area (Å²) in [5.74, 6) is 0.564. The third-order valence-corrected chi connectivity index (χ3v) is 3.41. The summed E-state index contributed by atoms with van der Waals surface area (Å²) in [6.45, 7) is 1.68. The minimum Gasteiger partial charge on any atom is -0.338 e. The van der Waals surface area contributed by atoms with Gasteiger partial charge in [0.2, 0.25) is 5.95 Å². The number of hydrogen-bond donors (Lipinski definition) is 1. The molecule has 2 rings (SSSR count). The predicted molar refractivity (Wildman–Crippen MR) is 69.3 cm³/mol. The third-order valence-electron chi connectivity index (χ3n) is 3.41. The second kappa shape index (κ2) is 6.36. The maximum atomic E-state index is 13.0. The first-order valence-electron chi connectivity index (χ1n) is 6.55. The van der Waals surface area contributed by atoms with E-state index in [-0.39, 0.29) is 13.0 Å². The molecular weight excluding hydrogens is 271 g/mol. The van der Waals surface area contributed by atoms with E-state index in [1.807, 2.05) is 4.90 Å². The summed E-state index contributed by atoms with van der Waals surface area (Å²) in [4.78, 5) is 11.6. The number of rotatable bonds is 4. The molecule has 1 aliphatic rings. The van der Waals surface area contributed by atoms with E-state index in [9.17, 15) is 13.2 Å². The van der Waals surface area contributed by atoms with E-state index in [1.54, 1.807) is 18.5 Å². The highest BCUT2D eigenvalue weighted by Crippen LogP contribution is 2.28. The van der Waals surface area contributed by atoms with Crippen molar-refractivity contribution >= 4 is 5.95 Å². The fourth-order valence-electron chi connectivity index (χ4n) is 2.40. The van der Waals surface area contributed by atoms with Gasteiger partial charge in [0.15, 0.2) is 0 Å². The van der Waals surface area contributed by atoms with Crippen molar-refractivity contribution < 1.29 is 13.2 Å². The number of nitrogens with two attached hydrogens (primary N) is 1. The third kappa shape index (κ3) is 3.57. The van der Waals surface area contributed by atoms with Crippen LogP contribution in [0.25, 0.3) is 0 Å². The average Bonchev–Trinajstić information content (AvgIpc) is 2.45. The number of piperazine rings is 1. The van der Waals surface area contributed by atoms with Crippen LogP contribution in [0.4, 0.5) is 19.1 Å². The highest BCUT2D eigenvalue weighted by atomic mass is 19.4. The number of nitrogens with zero attached hydrogens (tertiary/aromatic N) is 4. The van der Waals surface area contributed by atoms with E-state index in [0.29, 0.717) is 32.1 Å². The number of halogens is 3. The topological polar surface area (TPSA) is 58.3 Å². The van der Waals surface area contributed by atoms with Crippen molar-refractivity contribution in [1.29, 1.82) is 0 Å². The van der Waals surface area contributed by atoms with E-state index in [4.69, 9.17) is 5.73 Å². The Balaban J connectivity index is 1.96. The average molecular weight is 289 g/mol. The molecule has 1 aromatic rings. The highest BCUT2D eigenvalue weighted by Gasteiger charge is 2.43. The van der Waals surface area contributed by atoms with E-state index in [2.05, 4.69) is 9.97 Å². The molecule has 20 heavy (non-hydrogen) atoms. The van der Waals surface area contributed by atoms with Gasteiger partial charge in [-0.3, -0.25) is 4.90 Å². The van der Waals surface area contributed by atoms with Crippen molar-refractivity contribution in [2.45, 2.75) is 18.6 Å². The molecule has 112 valence electrons. The van der Waals surface area contributed by atoms with E-state index in [1.165, 1.54) is 4.90 Å². The number of anilines is 1. The van der Waals surface area contributed by atoms with Gasteiger partial charge in [-0.05, 0) is 19.0 Å². The van der Waals surface area contributed by atoms with E-state index >= 15 is 0 Å². The van der Waals surface area contributed by atoms with Crippen molar-refractivity contribution in [3.63, 3.8) is 0 Å².